The van der Waals surface area contributed by atoms with Gasteiger partial charge < -0.3 is 9.84 Å². The van der Waals surface area contributed by atoms with E-state index in [1.165, 1.54) is 11.1 Å². The Morgan fingerprint density at radius 3 is 1.65 bits per heavy atom. The highest BCUT2D eigenvalue weighted by atomic mass is 16.5. The Labute approximate surface area is 153 Å². The first-order valence-corrected chi connectivity index (χ1v) is 8.64. The molecule has 3 aromatic rings. The third-order valence-corrected chi connectivity index (χ3v) is 4.34. The zero-order valence-electron chi connectivity index (χ0n) is 14.8. The highest BCUT2D eigenvalue weighted by molar-refractivity contribution is 5.70. The summed E-state index contributed by atoms with van der Waals surface area (Å²) < 4.78 is 5.73. The van der Waals surface area contributed by atoms with Gasteiger partial charge in [-0.2, -0.15) is 0 Å². The Morgan fingerprint density at radius 2 is 1.27 bits per heavy atom. The van der Waals surface area contributed by atoms with Gasteiger partial charge in [0.05, 0.1) is 13.5 Å². The average molecular weight is 346 g/mol. The molecule has 0 atom stereocenters. The van der Waals surface area contributed by atoms with Gasteiger partial charge in [0.1, 0.15) is 5.75 Å². The Balaban J connectivity index is 2.03. The molecule has 0 saturated carbocycles. The Hall–Kier alpha value is -3.07. The van der Waals surface area contributed by atoms with E-state index in [9.17, 15) is 9.90 Å². The molecule has 0 aliphatic heterocycles. The van der Waals surface area contributed by atoms with E-state index in [1.807, 2.05) is 48.5 Å². The summed E-state index contributed by atoms with van der Waals surface area (Å²) in [6.45, 7) is 0. The van der Waals surface area contributed by atoms with Crippen molar-refractivity contribution in [1.82, 2.24) is 0 Å². The predicted molar refractivity (Wildman–Crippen MR) is 103 cm³/mol. The van der Waals surface area contributed by atoms with E-state index in [2.05, 4.69) is 24.3 Å². The Morgan fingerprint density at radius 1 is 0.808 bits per heavy atom. The van der Waals surface area contributed by atoms with Crippen LogP contribution in [0.2, 0.25) is 0 Å². The molecule has 0 amide bonds. The summed E-state index contributed by atoms with van der Waals surface area (Å²) in [5.41, 5.74) is 5.18. The molecule has 0 fully saturated rings. The van der Waals surface area contributed by atoms with Crippen LogP contribution in [0.5, 0.6) is 5.75 Å². The van der Waals surface area contributed by atoms with Crippen LogP contribution < -0.4 is 4.74 Å². The van der Waals surface area contributed by atoms with Gasteiger partial charge in [0.15, 0.2) is 0 Å². The standard InChI is InChI=1S/C23H22O3/c1-26-23-20(12-17-8-4-2-5-9-17)14-19(16-22(24)25)15-21(23)13-18-10-6-3-7-11-18/h2-11,14-15H,12-13,16H2,1H3,(H,24,25). The van der Waals surface area contributed by atoms with Crippen LogP contribution in [-0.4, -0.2) is 18.2 Å². The summed E-state index contributed by atoms with van der Waals surface area (Å²) in [5.74, 6) is 0.0123. The minimum atomic E-state index is -0.827. The number of carboxylic acid groups (broad SMARTS) is 1. The van der Waals surface area contributed by atoms with Gasteiger partial charge in [-0.3, -0.25) is 4.79 Å². The van der Waals surface area contributed by atoms with Gasteiger partial charge in [0, 0.05) is 12.8 Å². The van der Waals surface area contributed by atoms with Crippen LogP contribution >= 0.6 is 0 Å². The SMILES string of the molecule is COc1c(Cc2ccccc2)cc(CC(=O)O)cc1Cc1ccccc1. The number of rotatable bonds is 7. The van der Waals surface area contributed by atoms with E-state index in [-0.39, 0.29) is 6.42 Å². The van der Waals surface area contributed by atoms with Gasteiger partial charge >= 0.3 is 5.97 Å². The molecule has 0 aliphatic rings. The van der Waals surface area contributed by atoms with Crippen LogP contribution in [0.4, 0.5) is 0 Å². The van der Waals surface area contributed by atoms with Crippen LogP contribution in [0.1, 0.15) is 27.8 Å². The number of hydrogen-bond donors (Lipinski definition) is 1. The zero-order valence-corrected chi connectivity index (χ0v) is 14.8. The number of carbonyl (C=O) groups is 1. The molecule has 3 heteroatoms. The second-order valence-corrected chi connectivity index (χ2v) is 6.34. The Bertz CT molecular complexity index is 808. The molecule has 3 nitrogen and oxygen atoms in total. The van der Waals surface area contributed by atoms with Crippen molar-refractivity contribution in [3.05, 3.63) is 101 Å². The van der Waals surface area contributed by atoms with Crippen LogP contribution in [0.25, 0.3) is 0 Å². The van der Waals surface area contributed by atoms with E-state index < -0.39 is 5.97 Å². The van der Waals surface area contributed by atoms with Crippen LogP contribution in [0.3, 0.4) is 0 Å². The minimum absolute atomic E-state index is 0.00751. The molecular formula is C23H22O3. The molecule has 0 bridgehead atoms. The molecule has 26 heavy (non-hydrogen) atoms. The lowest BCUT2D eigenvalue weighted by Crippen LogP contribution is -2.05. The van der Waals surface area contributed by atoms with Crippen LogP contribution in [0.15, 0.2) is 72.8 Å². The smallest absolute Gasteiger partial charge is 0.307 e. The van der Waals surface area contributed by atoms with Crippen molar-refractivity contribution in [2.24, 2.45) is 0 Å². The summed E-state index contributed by atoms with van der Waals surface area (Å²) in [6, 6.07) is 24.2. The van der Waals surface area contributed by atoms with Crippen molar-refractivity contribution < 1.29 is 14.6 Å². The lowest BCUT2D eigenvalue weighted by molar-refractivity contribution is -0.136. The third-order valence-electron chi connectivity index (χ3n) is 4.34. The maximum absolute atomic E-state index is 11.2. The molecule has 0 radical (unpaired) electrons. The molecule has 3 rings (SSSR count). The monoisotopic (exact) mass is 346 g/mol. The maximum atomic E-state index is 11.2. The van der Waals surface area contributed by atoms with Crippen molar-refractivity contribution in [1.29, 1.82) is 0 Å². The van der Waals surface area contributed by atoms with Crippen molar-refractivity contribution in [3.8, 4) is 5.75 Å². The molecular weight excluding hydrogens is 324 g/mol. The number of carboxylic acids is 1. The van der Waals surface area contributed by atoms with Gasteiger partial charge in [0.2, 0.25) is 0 Å². The molecule has 3 aromatic carbocycles. The van der Waals surface area contributed by atoms with Crippen molar-refractivity contribution in [2.75, 3.05) is 7.11 Å². The normalized spacial score (nSPS) is 10.5. The fraction of sp³-hybridized carbons (Fsp3) is 0.174. The van der Waals surface area contributed by atoms with Crippen molar-refractivity contribution in [2.45, 2.75) is 19.3 Å². The first kappa shape index (κ1) is 17.7. The molecule has 0 unspecified atom stereocenters. The van der Waals surface area contributed by atoms with E-state index in [0.717, 1.165) is 22.4 Å². The van der Waals surface area contributed by atoms with E-state index in [4.69, 9.17) is 4.74 Å². The molecule has 0 heterocycles. The van der Waals surface area contributed by atoms with Gasteiger partial charge in [0.25, 0.3) is 0 Å². The second-order valence-electron chi connectivity index (χ2n) is 6.34. The largest absolute Gasteiger partial charge is 0.496 e. The predicted octanol–water partition coefficient (Wildman–Crippen LogP) is 4.50. The topological polar surface area (TPSA) is 46.5 Å². The van der Waals surface area contributed by atoms with Gasteiger partial charge in [-0.25, -0.2) is 0 Å². The quantitative estimate of drug-likeness (QED) is 0.685. The number of ether oxygens (including phenoxy) is 1. The maximum Gasteiger partial charge on any atom is 0.307 e. The Kier molecular flexibility index (Phi) is 5.69. The van der Waals surface area contributed by atoms with Crippen LogP contribution in [0, 0.1) is 0 Å². The lowest BCUT2D eigenvalue weighted by Gasteiger charge is -2.16. The highest BCUT2D eigenvalue weighted by Crippen LogP contribution is 2.30. The third kappa shape index (κ3) is 4.51. The summed E-state index contributed by atoms with van der Waals surface area (Å²) in [6.07, 6.45) is 1.42. The summed E-state index contributed by atoms with van der Waals surface area (Å²) in [7, 11) is 1.68. The van der Waals surface area contributed by atoms with E-state index >= 15 is 0 Å². The molecule has 0 aliphatic carbocycles. The second kappa shape index (κ2) is 8.34. The van der Waals surface area contributed by atoms with Gasteiger partial charge in [-0.05, 0) is 27.8 Å². The summed E-state index contributed by atoms with van der Waals surface area (Å²) >= 11 is 0. The molecule has 132 valence electrons. The van der Waals surface area contributed by atoms with Gasteiger partial charge in [-0.15, -0.1) is 0 Å². The lowest BCUT2D eigenvalue weighted by atomic mass is 9.94. The van der Waals surface area contributed by atoms with Crippen molar-refractivity contribution in [3.63, 3.8) is 0 Å². The molecule has 0 aromatic heterocycles. The number of aliphatic carboxylic acids is 1. The fourth-order valence-electron chi connectivity index (χ4n) is 3.26. The van der Waals surface area contributed by atoms with Gasteiger partial charge in [-0.1, -0.05) is 72.8 Å². The molecule has 0 saturated heterocycles. The van der Waals surface area contributed by atoms with Crippen LogP contribution in [-0.2, 0) is 24.1 Å². The fourth-order valence-corrected chi connectivity index (χ4v) is 3.26. The molecule has 0 spiro atoms. The molecule has 1 N–H and O–H groups in total. The summed E-state index contributed by atoms with van der Waals surface area (Å²) in [5, 5.41) is 9.22. The number of methoxy groups -OCH3 is 1. The number of benzene rings is 3. The summed E-state index contributed by atoms with van der Waals surface area (Å²) in [4.78, 5) is 11.2. The zero-order chi connectivity index (χ0) is 18.4. The minimum Gasteiger partial charge on any atom is -0.496 e. The average Bonchev–Trinajstić information content (AvgIpc) is 2.63. The van der Waals surface area contributed by atoms with E-state index in [1.54, 1.807) is 7.11 Å². The first-order chi connectivity index (χ1) is 12.7. The van der Waals surface area contributed by atoms with Crippen molar-refractivity contribution >= 4 is 5.97 Å². The first-order valence-electron chi connectivity index (χ1n) is 8.64. The highest BCUT2D eigenvalue weighted by Gasteiger charge is 2.14. The number of hydrogen-bond acceptors (Lipinski definition) is 2. The van der Waals surface area contributed by atoms with E-state index in [0.29, 0.717) is 12.8 Å².